The summed E-state index contributed by atoms with van der Waals surface area (Å²) in [5, 5.41) is 9.25. The summed E-state index contributed by atoms with van der Waals surface area (Å²) in [7, 11) is 0. The molecule has 0 bridgehead atoms. The van der Waals surface area contributed by atoms with E-state index in [9.17, 15) is 14.3 Å². The summed E-state index contributed by atoms with van der Waals surface area (Å²) >= 11 is 0. The molecule has 0 aliphatic carbocycles. The summed E-state index contributed by atoms with van der Waals surface area (Å²) in [5.74, 6) is -0.533. The van der Waals surface area contributed by atoms with Crippen LogP contribution in [0, 0.1) is 5.82 Å². The molecule has 0 fully saturated rings. The summed E-state index contributed by atoms with van der Waals surface area (Å²) in [6.45, 7) is 0.457. The van der Waals surface area contributed by atoms with E-state index in [0.29, 0.717) is 13.0 Å². The van der Waals surface area contributed by atoms with Gasteiger partial charge in [0.1, 0.15) is 5.82 Å². The Kier molecular flexibility index (Phi) is 3.23. The average molecular weight is 233 g/mol. The maximum Gasteiger partial charge on any atom is 0.292 e. The highest BCUT2D eigenvalue weighted by Crippen LogP contribution is 2.05. The summed E-state index contributed by atoms with van der Waals surface area (Å²) in [5.41, 5.74) is 0.538. The molecule has 0 amide bonds. The number of hydrogen-bond acceptors (Lipinski definition) is 2. The van der Waals surface area contributed by atoms with E-state index in [-0.39, 0.29) is 11.6 Å². The van der Waals surface area contributed by atoms with Crippen molar-refractivity contribution in [3.05, 3.63) is 64.3 Å². The maximum absolute atomic E-state index is 12.7. The molecule has 1 aromatic heterocycles. The number of aromatic hydroxyl groups is 1. The number of aromatic nitrogens is 1. The first-order valence-corrected chi connectivity index (χ1v) is 5.30. The van der Waals surface area contributed by atoms with Crippen LogP contribution in [0.1, 0.15) is 5.56 Å². The number of hydrogen-bond donors (Lipinski definition) is 1. The van der Waals surface area contributed by atoms with Crippen LogP contribution in [0.4, 0.5) is 4.39 Å². The number of benzene rings is 1. The Morgan fingerprint density at radius 3 is 2.59 bits per heavy atom. The molecule has 88 valence electrons. The van der Waals surface area contributed by atoms with E-state index in [4.69, 9.17) is 0 Å². The van der Waals surface area contributed by atoms with Crippen LogP contribution in [-0.4, -0.2) is 9.67 Å². The van der Waals surface area contributed by atoms with Crippen molar-refractivity contribution in [1.82, 2.24) is 4.57 Å². The molecule has 1 aromatic carbocycles. The summed E-state index contributed by atoms with van der Waals surface area (Å²) in [6.07, 6.45) is 2.23. The highest BCUT2D eigenvalue weighted by atomic mass is 19.1. The zero-order valence-electron chi connectivity index (χ0n) is 9.14. The lowest BCUT2D eigenvalue weighted by molar-refractivity contribution is 0.456. The molecule has 0 radical (unpaired) electrons. The Morgan fingerprint density at radius 2 is 1.88 bits per heavy atom. The molecule has 1 heterocycles. The first-order chi connectivity index (χ1) is 8.16. The topological polar surface area (TPSA) is 42.2 Å². The van der Waals surface area contributed by atoms with Crippen molar-refractivity contribution in [3.63, 3.8) is 0 Å². The molecule has 2 aromatic rings. The van der Waals surface area contributed by atoms with Crippen LogP contribution in [0.15, 0.2) is 47.4 Å². The highest BCUT2D eigenvalue weighted by Gasteiger charge is 2.01. The number of nitrogens with zero attached hydrogens (tertiary/aromatic N) is 1. The van der Waals surface area contributed by atoms with Gasteiger partial charge in [0.2, 0.25) is 0 Å². The van der Waals surface area contributed by atoms with Crippen molar-refractivity contribution in [2.45, 2.75) is 13.0 Å². The van der Waals surface area contributed by atoms with E-state index < -0.39 is 5.56 Å². The second-order valence-corrected chi connectivity index (χ2v) is 3.77. The Balaban J connectivity index is 2.10. The third-order valence-electron chi connectivity index (χ3n) is 2.55. The fourth-order valence-electron chi connectivity index (χ4n) is 1.60. The van der Waals surface area contributed by atoms with Crippen molar-refractivity contribution < 1.29 is 9.50 Å². The first-order valence-electron chi connectivity index (χ1n) is 5.30. The Bertz CT molecular complexity index is 560. The van der Waals surface area contributed by atoms with Gasteiger partial charge in [0.25, 0.3) is 5.56 Å². The molecule has 1 N–H and O–H groups in total. The van der Waals surface area contributed by atoms with Crippen molar-refractivity contribution >= 4 is 0 Å². The smallest absolute Gasteiger partial charge is 0.292 e. The number of rotatable bonds is 3. The zero-order valence-corrected chi connectivity index (χ0v) is 9.14. The molecule has 0 spiro atoms. The first kappa shape index (κ1) is 11.4. The minimum absolute atomic E-state index is 0.258. The Morgan fingerprint density at radius 1 is 1.18 bits per heavy atom. The lowest BCUT2D eigenvalue weighted by atomic mass is 10.1. The van der Waals surface area contributed by atoms with E-state index in [1.807, 2.05) is 0 Å². The molecule has 0 aliphatic rings. The van der Waals surface area contributed by atoms with E-state index in [0.717, 1.165) is 5.56 Å². The van der Waals surface area contributed by atoms with Gasteiger partial charge in [-0.25, -0.2) is 4.39 Å². The Hall–Kier alpha value is -2.10. The van der Waals surface area contributed by atoms with Gasteiger partial charge in [-0.2, -0.15) is 0 Å². The minimum Gasteiger partial charge on any atom is -0.503 e. The van der Waals surface area contributed by atoms with Crippen LogP contribution >= 0.6 is 0 Å². The van der Waals surface area contributed by atoms with E-state index in [1.54, 1.807) is 24.4 Å². The quantitative estimate of drug-likeness (QED) is 0.880. The second-order valence-electron chi connectivity index (χ2n) is 3.77. The molecule has 0 aliphatic heterocycles. The average Bonchev–Trinajstić information content (AvgIpc) is 2.33. The van der Waals surface area contributed by atoms with Gasteiger partial charge >= 0.3 is 0 Å². The SMILES string of the molecule is O=c1c(O)cccn1CCc1ccc(F)cc1. The van der Waals surface area contributed by atoms with Gasteiger partial charge in [-0.15, -0.1) is 0 Å². The summed E-state index contributed by atoms with van der Waals surface area (Å²) in [6, 6.07) is 9.12. The predicted molar refractivity (Wildman–Crippen MR) is 62.5 cm³/mol. The zero-order chi connectivity index (χ0) is 12.3. The van der Waals surface area contributed by atoms with Crippen molar-refractivity contribution in [3.8, 4) is 5.75 Å². The van der Waals surface area contributed by atoms with E-state index in [2.05, 4.69) is 0 Å². The molecule has 0 unspecified atom stereocenters. The highest BCUT2D eigenvalue weighted by molar-refractivity contribution is 5.17. The maximum atomic E-state index is 12.7. The normalized spacial score (nSPS) is 10.4. The number of pyridine rings is 1. The van der Waals surface area contributed by atoms with Crippen molar-refractivity contribution in [2.24, 2.45) is 0 Å². The largest absolute Gasteiger partial charge is 0.503 e. The fourth-order valence-corrected chi connectivity index (χ4v) is 1.60. The second kappa shape index (κ2) is 4.82. The van der Waals surface area contributed by atoms with Crippen molar-refractivity contribution in [1.29, 1.82) is 0 Å². The van der Waals surface area contributed by atoms with Gasteiger partial charge in [0, 0.05) is 12.7 Å². The van der Waals surface area contributed by atoms with Gasteiger partial charge in [0.15, 0.2) is 5.75 Å². The minimum atomic E-state index is -0.408. The van der Waals surface area contributed by atoms with Crippen LogP contribution < -0.4 is 5.56 Å². The van der Waals surface area contributed by atoms with Crippen LogP contribution in [0.2, 0.25) is 0 Å². The van der Waals surface area contributed by atoms with Crippen molar-refractivity contribution in [2.75, 3.05) is 0 Å². The van der Waals surface area contributed by atoms with Crippen LogP contribution in [0.5, 0.6) is 5.75 Å². The van der Waals surface area contributed by atoms with Gasteiger partial charge in [-0.05, 0) is 36.2 Å². The molecular weight excluding hydrogens is 221 g/mol. The standard InChI is InChI=1S/C13H12FNO2/c14-11-5-3-10(4-6-11)7-9-15-8-1-2-12(16)13(15)17/h1-6,8,16H,7,9H2. The number of aryl methyl sites for hydroxylation is 2. The molecule has 0 saturated heterocycles. The molecular formula is C13H12FNO2. The summed E-state index contributed by atoms with van der Waals surface area (Å²) < 4.78 is 14.1. The lowest BCUT2D eigenvalue weighted by Crippen LogP contribution is -2.19. The van der Waals surface area contributed by atoms with Gasteiger partial charge in [-0.3, -0.25) is 4.79 Å². The molecule has 0 saturated carbocycles. The van der Waals surface area contributed by atoms with E-state index >= 15 is 0 Å². The molecule has 4 heteroatoms. The van der Waals surface area contributed by atoms with Crippen LogP contribution in [-0.2, 0) is 13.0 Å². The van der Waals surface area contributed by atoms with Gasteiger partial charge < -0.3 is 9.67 Å². The molecule has 17 heavy (non-hydrogen) atoms. The lowest BCUT2D eigenvalue weighted by Gasteiger charge is -2.05. The fraction of sp³-hybridized carbons (Fsp3) is 0.154. The molecule has 3 nitrogen and oxygen atoms in total. The third-order valence-corrected chi connectivity index (χ3v) is 2.55. The van der Waals surface area contributed by atoms with E-state index in [1.165, 1.54) is 22.8 Å². The Labute approximate surface area is 97.8 Å². The van der Waals surface area contributed by atoms with Gasteiger partial charge in [-0.1, -0.05) is 12.1 Å². The van der Waals surface area contributed by atoms with Gasteiger partial charge in [0.05, 0.1) is 0 Å². The van der Waals surface area contributed by atoms with Crippen LogP contribution in [0.25, 0.3) is 0 Å². The molecule has 2 rings (SSSR count). The monoisotopic (exact) mass is 233 g/mol. The third kappa shape index (κ3) is 2.72. The predicted octanol–water partition coefficient (Wildman–Crippen LogP) is 1.94. The summed E-state index contributed by atoms with van der Waals surface area (Å²) in [4.78, 5) is 11.5. The number of halogens is 1. The van der Waals surface area contributed by atoms with Crippen LogP contribution in [0.3, 0.4) is 0 Å². The molecule has 0 atom stereocenters.